The van der Waals surface area contributed by atoms with Gasteiger partial charge in [-0.15, -0.1) is 0 Å². The lowest BCUT2D eigenvalue weighted by molar-refractivity contribution is -0.116. The molecule has 3 rings (SSSR count). The number of methoxy groups -OCH3 is 1. The molecule has 8 nitrogen and oxygen atoms in total. The number of aromatic nitrogens is 2. The zero-order valence-electron chi connectivity index (χ0n) is 17.0. The lowest BCUT2D eigenvalue weighted by Gasteiger charge is -2.22. The maximum atomic E-state index is 13.0. The van der Waals surface area contributed by atoms with E-state index in [1.807, 2.05) is 20.8 Å². The molecule has 1 amide bonds. The largest absolute Gasteiger partial charge is 0.383 e. The number of thioether (sulfide) groups is 1. The predicted octanol–water partition coefficient (Wildman–Crippen LogP) is 1.86. The van der Waals surface area contributed by atoms with E-state index < -0.39 is 10.0 Å². The first-order valence-electron chi connectivity index (χ1n) is 9.26. The quantitative estimate of drug-likeness (QED) is 0.661. The standard InChI is InChI=1S/C19H26N4O4S2/c1-12-9-15-10-16(29(20,25)26)5-6-17(15)23(12)18(24)11-28-19-21-13(2)14(3)22(19)7-8-27-4/h5-6,10,12H,7-9,11H2,1-4H3,(H2,20,25,26). The van der Waals surface area contributed by atoms with Gasteiger partial charge in [0.25, 0.3) is 0 Å². The van der Waals surface area contributed by atoms with Crippen LogP contribution in [0, 0.1) is 13.8 Å². The van der Waals surface area contributed by atoms with E-state index in [1.165, 1.54) is 17.8 Å². The Labute approximate surface area is 175 Å². The zero-order valence-corrected chi connectivity index (χ0v) is 18.6. The molecule has 1 aliphatic heterocycles. The molecule has 1 unspecified atom stereocenters. The van der Waals surface area contributed by atoms with Crippen LogP contribution in [0.3, 0.4) is 0 Å². The Bertz CT molecular complexity index is 1030. The number of imidazole rings is 1. The first-order valence-corrected chi connectivity index (χ1v) is 11.8. The maximum absolute atomic E-state index is 13.0. The highest BCUT2D eigenvalue weighted by Gasteiger charge is 2.32. The number of amides is 1. The molecule has 1 atom stereocenters. The van der Waals surface area contributed by atoms with Crippen LogP contribution in [0.2, 0.25) is 0 Å². The van der Waals surface area contributed by atoms with Crippen LogP contribution in [0.1, 0.15) is 23.9 Å². The second-order valence-electron chi connectivity index (χ2n) is 7.15. The molecular formula is C19H26N4O4S2. The Morgan fingerprint density at radius 2 is 2.10 bits per heavy atom. The van der Waals surface area contributed by atoms with E-state index in [-0.39, 0.29) is 22.6 Å². The van der Waals surface area contributed by atoms with Crippen LogP contribution in [0.4, 0.5) is 5.69 Å². The number of ether oxygens (including phenoxy) is 1. The smallest absolute Gasteiger partial charge is 0.238 e. The third kappa shape index (κ3) is 4.50. The number of hydrogen-bond donors (Lipinski definition) is 1. The lowest BCUT2D eigenvalue weighted by atomic mass is 10.1. The number of fused-ring (bicyclic) bond motifs is 1. The van der Waals surface area contributed by atoms with Gasteiger partial charge in [-0.25, -0.2) is 18.5 Å². The molecule has 1 aromatic heterocycles. The molecule has 10 heteroatoms. The number of nitrogens with zero attached hydrogens (tertiary/aromatic N) is 3. The van der Waals surface area contributed by atoms with Crippen LogP contribution in [-0.2, 0) is 32.5 Å². The van der Waals surface area contributed by atoms with Crippen LogP contribution >= 0.6 is 11.8 Å². The minimum atomic E-state index is -3.77. The topological polar surface area (TPSA) is 108 Å². The van der Waals surface area contributed by atoms with E-state index in [9.17, 15) is 13.2 Å². The van der Waals surface area contributed by atoms with Gasteiger partial charge in [0.05, 0.1) is 22.9 Å². The summed E-state index contributed by atoms with van der Waals surface area (Å²) in [5.41, 5.74) is 3.56. The number of primary sulfonamides is 1. The molecule has 2 aromatic rings. The van der Waals surface area contributed by atoms with Gasteiger partial charge in [-0.1, -0.05) is 11.8 Å². The van der Waals surface area contributed by atoms with Gasteiger partial charge >= 0.3 is 0 Å². The Morgan fingerprint density at radius 1 is 1.38 bits per heavy atom. The van der Waals surface area contributed by atoms with Gasteiger partial charge in [0.15, 0.2) is 5.16 Å². The van der Waals surface area contributed by atoms with Gasteiger partial charge in [-0.3, -0.25) is 4.79 Å². The molecular weight excluding hydrogens is 412 g/mol. The summed E-state index contributed by atoms with van der Waals surface area (Å²) in [6.45, 7) is 7.16. The fourth-order valence-electron chi connectivity index (χ4n) is 3.54. The van der Waals surface area contributed by atoms with E-state index in [1.54, 1.807) is 24.1 Å². The predicted molar refractivity (Wildman–Crippen MR) is 113 cm³/mol. The van der Waals surface area contributed by atoms with Crippen molar-refractivity contribution in [2.45, 2.75) is 49.8 Å². The van der Waals surface area contributed by atoms with Crippen molar-refractivity contribution in [2.75, 3.05) is 24.4 Å². The van der Waals surface area contributed by atoms with E-state index in [4.69, 9.17) is 9.88 Å². The van der Waals surface area contributed by atoms with Crippen molar-refractivity contribution in [1.82, 2.24) is 9.55 Å². The number of rotatable bonds is 7. The second-order valence-corrected chi connectivity index (χ2v) is 9.65. The number of aryl methyl sites for hydroxylation is 1. The number of benzene rings is 1. The summed E-state index contributed by atoms with van der Waals surface area (Å²) in [5, 5.41) is 6.02. The van der Waals surface area contributed by atoms with Gasteiger partial charge in [-0.2, -0.15) is 0 Å². The average Bonchev–Trinajstić information content (AvgIpc) is 3.12. The number of sulfonamides is 1. The third-order valence-corrected chi connectivity index (χ3v) is 7.00. The summed E-state index contributed by atoms with van der Waals surface area (Å²) in [6, 6.07) is 4.62. The highest BCUT2D eigenvalue weighted by atomic mass is 32.2. The molecule has 29 heavy (non-hydrogen) atoms. The molecule has 0 aliphatic carbocycles. The van der Waals surface area contributed by atoms with Crippen molar-refractivity contribution in [3.05, 3.63) is 35.2 Å². The molecule has 0 fully saturated rings. The third-order valence-electron chi connectivity index (χ3n) is 5.13. The fourth-order valence-corrected chi connectivity index (χ4v) is 5.08. The molecule has 0 saturated carbocycles. The Morgan fingerprint density at radius 3 is 2.76 bits per heavy atom. The van der Waals surface area contributed by atoms with Gasteiger partial charge in [0, 0.05) is 31.1 Å². The summed E-state index contributed by atoms with van der Waals surface area (Å²) in [7, 11) is -2.11. The van der Waals surface area contributed by atoms with Crippen molar-refractivity contribution in [3.8, 4) is 0 Å². The Balaban J connectivity index is 1.77. The molecule has 1 aliphatic rings. The van der Waals surface area contributed by atoms with Gasteiger partial charge < -0.3 is 14.2 Å². The molecule has 0 bridgehead atoms. The van der Waals surface area contributed by atoms with Crippen LogP contribution in [0.25, 0.3) is 0 Å². The second kappa shape index (κ2) is 8.47. The van der Waals surface area contributed by atoms with E-state index in [2.05, 4.69) is 9.55 Å². The molecule has 0 spiro atoms. The van der Waals surface area contributed by atoms with Crippen LogP contribution in [0.5, 0.6) is 0 Å². The fraction of sp³-hybridized carbons (Fsp3) is 0.474. The number of anilines is 1. The lowest BCUT2D eigenvalue weighted by Crippen LogP contribution is -2.37. The van der Waals surface area contributed by atoms with Crippen LogP contribution < -0.4 is 10.0 Å². The highest BCUT2D eigenvalue weighted by Crippen LogP contribution is 2.34. The molecule has 0 saturated heterocycles. The summed E-state index contributed by atoms with van der Waals surface area (Å²) < 4.78 is 30.4. The van der Waals surface area contributed by atoms with E-state index >= 15 is 0 Å². The number of nitrogens with two attached hydrogens (primary N) is 1. The first kappa shape index (κ1) is 21.8. The monoisotopic (exact) mass is 438 g/mol. The van der Waals surface area contributed by atoms with Crippen molar-refractivity contribution < 1.29 is 17.9 Å². The normalized spacial score (nSPS) is 16.3. The van der Waals surface area contributed by atoms with Gasteiger partial charge in [0.2, 0.25) is 15.9 Å². The van der Waals surface area contributed by atoms with E-state index in [0.717, 1.165) is 27.8 Å². The van der Waals surface area contributed by atoms with Crippen LogP contribution in [-0.4, -0.2) is 49.4 Å². The molecule has 1 aromatic carbocycles. The first-order chi connectivity index (χ1) is 13.6. The molecule has 158 valence electrons. The van der Waals surface area contributed by atoms with Crippen LogP contribution in [0.15, 0.2) is 28.3 Å². The minimum Gasteiger partial charge on any atom is -0.383 e. The van der Waals surface area contributed by atoms with Crippen molar-refractivity contribution >= 4 is 33.4 Å². The van der Waals surface area contributed by atoms with Gasteiger partial charge in [-0.05, 0) is 51.0 Å². The SMILES string of the molecule is COCCn1c(SCC(=O)N2c3ccc(S(N)(=O)=O)cc3CC2C)nc(C)c1C. The Kier molecular flexibility index (Phi) is 6.37. The summed E-state index contributed by atoms with van der Waals surface area (Å²) >= 11 is 1.40. The number of carbonyl (C=O) groups excluding carboxylic acids is 1. The van der Waals surface area contributed by atoms with Crippen molar-refractivity contribution in [3.63, 3.8) is 0 Å². The molecule has 2 heterocycles. The summed E-state index contributed by atoms with van der Waals surface area (Å²) in [4.78, 5) is 19.4. The highest BCUT2D eigenvalue weighted by molar-refractivity contribution is 7.99. The van der Waals surface area contributed by atoms with E-state index in [0.29, 0.717) is 19.6 Å². The molecule has 0 radical (unpaired) electrons. The number of hydrogen-bond acceptors (Lipinski definition) is 6. The maximum Gasteiger partial charge on any atom is 0.238 e. The summed E-state index contributed by atoms with van der Waals surface area (Å²) in [5.74, 6) is 0.199. The number of carbonyl (C=O) groups is 1. The Hall–Kier alpha value is -1.88. The van der Waals surface area contributed by atoms with Gasteiger partial charge in [0.1, 0.15) is 0 Å². The van der Waals surface area contributed by atoms with Crippen molar-refractivity contribution in [1.29, 1.82) is 0 Å². The summed E-state index contributed by atoms with van der Waals surface area (Å²) in [6.07, 6.45) is 0.593. The zero-order chi connectivity index (χ0) is 21.3. The van der Waals surface area contributed by atoms with Crippen molar-refractivity contribution in [2.24, 2.45) is 5.14 Å². The molecule has 2 N–H and O–H groups in total. The minimum absolute atomic E-state index is 0.0406. The average molecular weight is 439 g/mol.